The molecular formula is C31H36N6O3S. The number of likely N-dealkylation sites (N-methyl/N-ethyl adjacent to an activating group) is 1. The monoisotopic (exact) mass is 572 g/mol. The molecule has 1 aromatic heterocycles. The number of imidazole rings is 1. The number of anilines is 1. The zero-order valence-corrected chi connectivity index (χ0v) is 24.4. The Hall–Kier alpha value is -3.75. The van der Waals surface area contributed by atoms with Gasteiger partial charge in [0.15, 0.2) is 0 Å². The number of ether oxygens (including phenoxy) is 1. The third-order valence-corrected chi connectivity index (χ3v) is 9.21. The van der Waals surface area contributed by atoms with Crippen molar-refractivity contribution in [2.75, 3.05) is 64.3 Å². The van der Waals surface area contributed by atoms with Crippen molar-refractivity contribution in [3.05, 3.63) is 89.7 Å². The Bertz CT molecular complexity index is 1610. The summed E-state index contributed by atoms with van der Waals surface area (Å²) < 4.78 is 36.8. The molecule has 3 aromatic carbocycles. The molecule has 0 unspecified atom stereocenters. The second kappa shape index (κ2) is 12.8. The minimum Gasteiger partial charge on any atom is -0.379 e. The maximum absolute atomic E-state index is 13.8. The van der Waals surface area contributed by atoms with Gasteiger partial charge in [0.25, 0.3) is 10.0 Å². The molecule has 41 heavy (non-hydrogen) atoms. The molecule has 0 atom stereocenters. The highest BCUT2D eigenvalue weighted by molar-refractivity contribution is 7.92. The van der Waals surface area contributed by atoms with Gasteiger partial charge in [-0.3, -0.25) is 9.21 Å². The second-order valence-corrected chi connectivity index (χ2v) is 12.3. The van der Waals surface area contributed by atoms with E-state index in [4.69, 9.17) is 9.72 Å². The third kappa shape index (κ3) is 6.77. The number of sulfonamides is 1. The van der Waals surface area contributed by atoms with Crippen LogP contribution in [0.25, 0.3) is 11.0 Å². The molecular weight excluding hydrogens is 536 g/mol. The molecule has 0 N–H and O–H groups in total. The van der Waals surface area contributed by atoms with Gasteiger partial charge >= 0.3 is 0 Å². The second-order valence-electron chi connectivity index (χ2n) is 10.5. The van der Waals surface area contributed by atoms with Crippen molar-refractivity contribution in [1.82, 2.24) is 19.4 Å². The molecule has 5 rings (SSSR count). The van der Waals surface area contributed by atoms with Gasteiger partial charge in [-0.2, -0.15) is 5.26 Å². The van der Waals surface area contributed by atoms with E-state index in [2.05, 4.69) is 15.5 Å². The lowest BCUT2D eigenvalue weighted by Gasteiger charge is -2.27. The van der Waals surface area contributed by atoms with Crippen LogP contribution in [0.2, 0.25) is 0 Å². The predicted octanol–water partition coefficient (Wildman–Crippen LogP) is 3.59. The van der Waals surface area contributed by atoms with E-state index in [0.717, 1.165) is 61.8 Å². The van der Waals surface area contributed by atoms with E-state index in [-0.39, 0.29) is 4.90 Å². The first-order valence-electron chi connectivity index (χ1n) is 13.9. The number of hydrogen-bond donors (Lipinski definition) is 0. The maximum atomic E-state index is 13.8. The fourth-order valence-electron chi connectivity index (χ4n) is 5.05. The fourth-order valence-corrected chi connectivity index (χ4v) is 6.52. The highest BCUT2D eigenvalue weighted by Crippen LogP contribution is 2.28. The van der Waals surface area contributed by atoms with E-state index in [1.54, 1.807) is 24.3 Å². The van der Waals surface area contributed by atoms with E-state index in [0.29, 0.717) is 30.8 Å². The molecule has 1 aliphatic heterocycles. The Morgan fingerprint density at radius 1 is 0.951 bits per heavy atom. The zero-order chi connectivity index (χ0) is 28.8. The summed E-state index contributed by atoms with van der Waals surface area (Å²) in [6, 6.07) is 24.1. The molecule has 0 bridgehead atoms. The van der Waals surface area contributed by atoms with Crippen molar-refractivity contribution in [2.24, 2.45) is 0 Å². The molecule has 9 nitrogen and oxygen atoms in total. The largest absolute Gasteiger partial charge is 0.379 e. The fraction of sp³-hybridized carbons (Fsp3) is 0.355. The van der Waals surface area contributed by atoms with Gasteiger partial charge in [-0.05, 0) is 62.1 Å². The lowest BCUT2D eigenvalue weighted by atomic mass is 10.1. The Balaban J connectivity index is 1.52. The van der Waals surface area contributed by atoms with Crippen molar-refractivity contribution in [3.63, 3.8) is 0 Å². The van der Waals surface area contributed by atoms with Gasteiger partial charge in [-0.25, -0.2) is 13.4 Å². The molecule has 1 saturated heterocycles. The van der Waals surface area contributed by atoms with Gasteiger partial charge in [0.1, 0.15) is 5.82 Å². The van der Waals surface area contributed by atoms with Crippen molar-refractivity contribution >= 4 is 26.7 Å². The van der Waals surface area contributed by atoms with Crippen LogP contribution in [0.3, 0.4) is 0 Å². The van der Waals surface area contributed by atoms with Crippen LogP contribution in [0.1, 0.15) is 17.0 Å². The highest BCUT2D eigenvalue weighted by Gasteiger charge is 2.26. The number of benzene rings is 3. The summed E-state index contributed by atoms with van der Waals surface area (Å²) in [5.74, 6) is 0.904. The normalized spacial score (nSPS) is 14.4. The summed E-state index contributed by atoms with van der Waals surface area (Å²) in [6.45, 7) is 5.80. The predicted molar refractivity (Wildman–Crippen MR) is 160 cm³/mol. The average Bonchev–Trinajstić information content (AvgIpc) is 3.33. The summed E-state index contributed by atoms with van der Waals surface area (Å²) in [5, 5.41) is 9.19. The van der Waals surface area contributed by atoms with E-state index in [1.165, 1.54) is 4.31 Å². The van der Waals surface area contributed by atoms with Gasteiger partial charge in [0, 0.05) is 45.7 Å². The Labute approximate surface area is 242 Å². The standard InChI is InChI=1S/C31H36N6O3S/c1-34(2)14-17-37(41(38,39)28-6-4-3-5-7-28)27-12-13-30-29(23-27)33-31(22-25-8-10-26(24-32)11-9-25)36(30)16-15-35-18-20-40-21-19-35/h3-13,23H,14-22H2,1-2H3. The van der Waals surface area contributed by atoms with Crippen LogP contribution in [0.5, 0.6) is 0 Å². The number of fused-ring (bicyclic) bond motifs is 1. The smallest absolute Gasteiger partial charge is 0.264 e. The first-order chi connectivity index (χ1) is 19.8. The minimum atomic E-state index is -3.77. The van der Waals surface area contributed by atoms with Crippen LogP contribution < -0.4 is 4.31 Å². The summed E-state index contributed by atoms with van der Waals surface area (Å²) in [6.07, 6.45) is 0.603. The molecule has 0 radical (unpaired) electrons. The van der Waals surface area contributed by atoms with Gasteiger partial charge < -0.3 is 14.2 Å². The maximum Gasteiger partial charge on any atom is 0.264 e. The number of nitriles is 1. The summed E-state index contributed by atoms with van der Waals surface area (Å²) >= 11 is 0. The highest BCUT2D eigenvalue weighted by atomic mass is 32.2. The Morgan fingerprint density at radius 3 is 2.37 bits per heavy atom. The number of nitrogens with zero attached hydrogens (tertiary/aromatic N) is 6. The molecule has 1 fully saturated rings. The van der Waals surface area contributed by atoms with Gasteiger partial charge in [-0.1, -0.05) is 30.3 Å². The molecule has 0 saturated carbocycles. The van der Waals surface area contributed by atoms with Crippen molar-refractivity contribution in [1.29, 1.82) is 5.26 Å². The van der Waals surface area contributed by atoms with Crippen LogP contribution in [-0.4, -0.2) is 87.8 Å². The lowest BCUT2D eigenvalue weighted by molar-refractivity contribution is 0.0364. The van der Waals surface area contributed by atoms with Crippen LogP contribution in [0, 0.1) is 11.3 Å². The first-order valence-corrected chi connectivity index (χ1v) is 15.3. The number of morpholine rings is 1. The quantitative estimate of drug-likeness (QED) is 0.271. The number of aromatic nitrogens is 2. The van der Waals surface area contributed by atoms with Crippen LogP contribution in [-0.2, 0) is 27.7 Å². The van der Waals surface area contributed by atoms with E-state index < -0.39 is 10.0 Å². The van der Waals surface area contributed by atoms with Gasteiger partial charge in [0.2, 0.25) is 0 Å². The number of rotatable bonds is 11. The minimum absolute atomic E-state index is 0.261. The van der Waals surface area contributed by atoms with Crippen molar-refractivity contribution < 1.29 is 13.2 Å². The Kier molecular flexibility index (Phi) is 9.00. The molecule has 10 heteroatoms. The van der Waals surface area contributed by atoms with Crippen molar-refractivity contribution in [2.45, 2.75) is 17.9 Å². The van der Waals surface area contributed by atoms with Gasteiger partial charge in [0.05, 0.1) is 46.5 Å². The molecule has 0 spiro atoms. The van der Waals surface area contributed by atoms with E-state index in [9.17, 15) is 13.7 Å². The van der Waals surface area contributed by atoms with Gasteiger partial charge in [-0.15, -0.1) is 0 Å². The summed E-state index contributed by atoms with van der Waals surface area (Å²) in [7, 11) is 0.0908. The molecule has 214 valence electrons. The lowest BCUT2D eigenvalue weighted by Crippen LogP contribution is -2.38. The molecule has 0 aliphatic carbocycles. The summed E-state index contributed by atoms with van der Waals surface area (Å²) in [5.41, 5.74) is 4.00. The zero-order valence-electron chi connectivity index (χ0n) is 23.6. The van der Waals surface area contributed by atoms with Crippen LogP contribution in [0.4, 0.5) is 5.69 Å². The topological polar surface area (TPSA) is 94.7 Å². The van der Waals surface area contributed by atoms with Crippen LogP contribution in [0.15, 0.2) is 77.7 Å². The van der Waals surface area contributed by atoms with Crippen molar-refractivity contribution in [3.8, 4) is 6.07 Å². The SMILES string of the molecule is CN(C)CCN(c1ccc2c(c1)nc(Cc1ccc(C#N)cc1)n2CCN1CCOCC1)S(=O)(=O)c1ccccc1. The third-order valence-electron chi connectivity index (χ3n) is 7.37. The molecule has 4 aromatic rings. The molecule has 1 aliphatic rings. The first kappa shape index (κ1) is 28.8. The molecule has 0 amide bonds. The average molecular weight is 573 g/mol. The summed E-state index contributed by atoms with van der Waals surface area (Å²) in [4.78, 5) is 9.66. The molecule has 2 heterocycles. The van der Waals surface area contributed by atoms with E-state index >= 15 is 0 Å². The number of hydrogen-bond acceptors (Lipinski definition) is 7. The Morgan fingerprint density at radius 2 is 1.68 bits per heavy atom. The van der Waals surface area contributed by atoms with Crippen LogP contribution >= 0.6 is 0 Å². The van der Waals surface area contributed by atoms with E-state index in [1.807, 2.05) is 67.5 Å².